The van der Waals surface area contributed by atoms with E-state index in [2.05, 4.69) is 0 Å². The zero-order valence-corrected chi connectivity index (χ0v) is 9.79. The van der Waals surface area contributed by atoms with E-state index in [1.54, 1.807) is 7.11 Å². The highest BCUT2D eigenvalue weighted by Crippen LogP contribution is 2.28. The Morgan fingerprint density at radius 2 is 2.12 bits per heavy atom. The van der Waals surface area contributed by atoms with Crippen LogP contribution in [0.15, 0.2) is 18.2 Å². The Morgan fingerprint density at radius 1 is 1.31 bits per heavy atom. The topological polar surface area (TPSA) is 35.5 Å². The first-order chi connectivity index (χ1) is 7.81. The summed E-state index contributed by atoms with van der Waals surface area (Å²) in [6.45, 7) is 2.56. The lowest BCUT2D eigenvalue weighted by atomic mass is 10.1. The van der Waals surface area contributed by atoms with Crippen molar-refractivity contribution in [3.63, 3.8) is 0 Å². The molecular formula is C13H17O3. The molecule has 0 fully saturated rings. The summed E-state index contributed by atoms with van der Waals surface area (Å²) in [4.78, 5) is 10.1. The van der Waals surface area contributed by atoms with Crippen LogP contribution in [0.4, 0.5) is 0 Å². The van der Waals surface area contributed by atoms with Gasteiger partial charge in [-0.15, -0.1) is 0 Å². The monoisotopic (exact) mass is 221 g/mol. The Labute approximate surface area is 96.4 Å². The summed E-state index contributed by atoms with van der Waals surface area (Å²) in [6.07, 6.45) is 4.05. The molecule has 0 aliphatic heterocycles. The predicted octanol–water partition coefficient (Wildman–Crippen LogP) is 2.53. The highest BCUT2D eigenvalue weighted by Gasteiger charge is 2.04. The second-order valence-electron chi connectivity index (χ2n) is 3.42. The van der Waals surface area contributed by atoms with Crippen molar-refractivity contribution in [3.05, 3.63) is 23.8 Å². The Bertz CT molecular complexity index is 334. The molecule has 1 rings (SSSR count). The average molecular weight is 221 g/mol. The summed E-state index contributed by atoms with van der Waals surface area (Å²) in [5.41, 5.74) is 1.15. The molecule has 1 aromatic carbocycles. The normalized spacial score (nSPS) is 9.88. The fraction of sp³-hybridized carbons (Fsp3) is 0.462. The molecule has 0 spiro atoms. The molecule has 1 radical (unpaired) electrons. The zero-order chi connectivity index (χ0) is 11.8. The van der Waals surface area contributed by atoms with Crippen LogP contribution in [0.5, 0.6) is 11.5 Å². The van der Waals surface area contributed by atoms with Gasteiger partial charge in [-0.25, -0.2) is 0 Å². The lowest BCUT2D eigenvalue weighted by Crippen LogP contribution is -1.96. The fourth-order valence-electron chi connectivity index (χ4n) is 1.51. The summed E-state index contributed by atoms with van der Waals surface area (Å²) in [5, 5.41) is 0. The number of methoxy groups -OCH3 is 1. The molecule has 0 saturated carbocycles. The maximum absolute atomic E-state index is 10.1. The van der Waals surface area contributed by atoms with Gasteiger partial charge in [-0.2, -0.15) is 0 Å². The van der Waals surface area contributed by atoms with E-state index in [4.69, 9.17) is 9.47 Å². The van der Waals surface area contributed by atoms with Gasteiger partial charge in [0.2, 0.25) is 0 Å². The maximum atomic E-state index is 10.1. The molecule has 1 aromatic rings. The Hall–Kier alpha value is -1.51. The molecule has 0 unspecified atom stereocenters. The molecule has 0 atom stereocenters. The van der Waals surface area contributed by atoms with Crippen molar-refractivity contribution in [2.45, 2.75) is 26.2 Å². The molecule has 3 heteroatoms. The van der Waals surface area contributed by atoms with E-state index in [9.17, 15) is 4.79 Å². The lowest BCUT2D eigenvalue weighted by Gasteiger charge is -2.10. The summed E-state index contributed by atoms with van der Waals surface area (Å²) >= 11 is 0. The molecule has 0 aliphatic carbocycles. The third-order valence-corrected chi connectivity index (χ3v) is 2.27. The molecule has 0 aromatic heterocycles. The van der Waals surface area contributed by atoms with Gasteiger partial charge in [0.05, 0.1) is 13.7 Å². The third-order valence-electron chi connectivity index (χ3n) is 2.27. The standard InChI is InChI=1S/C13H17O3/c1-3-16-12-8-7-11(6-4-5-9-14)10-13(12)15-2/h7-8,10H,3-6H2,1-2H3. The number of hydrogen-bond donors (Lipinski definition) is 0. The van der Waals surface area contributed by atoms with Gasteiger partial charge in [-0.3, -0.25) is 4.79 Å². The average Bonchev–Trinajstić information content (AvgIpc) is 2.31. The van der Waals surface area contributed by atoms with Crippen molar-refractivity contribution in [3.8, 4) is 11.5 Å². The van der Waals surface area contributed by atoms with Crippen molar-refractivity contribution in [2.75, 3.05) is 13.7 Å². The van der Waals surface area contributed by atoms with Gasteiger partial charge in [0.15, 0.2) is 17.8 Å². The van der Waals surface area contributed by atoms with Gasteiger partial charge in [0.25, 0.3) is 0 Å². The maximum Gasteiger partial charge on any atom is 0.198 e. The lowest BCUT2D eigenvalue weighted by molar-refractivity contribution is 0.310. The fourth-order valence-corrected chi connectivity index (χ4v) is 1.51. The van der Waals surface area contributed by atoms with Crippen molar-refractivity contribution in [2.24, 2.45) is 0 Å². The molecule has 0 amide bonds. The van der Waals surface area contributed by atoms with E-state index >= 15 is 0 Å². The smallest absolute Gasteiger partial charge is 0.198 e. The highest BCUT2D eigenvalue weighted by atomic mass is 16.5. The van der Waals surface area contributed by atoms with Crippen LogP contribution in [-0.4, -0.2) is 20.0 Å². The summed E-state index contributed by atoms with van der Waals surface area (Å²) < 4.78 is 10.7. The minimum absolute atomic E-state index is 0.482. The summed E-state index contributed by atoms with van der Waals surface area (Å²) in [6, 6.07) is 5.86. The molecular weight excluding hydrogens is 204 g/mol. The van der Waals surface area contributed by atoms with Gasteiger partial charge in [-0.05, 0) is 37.5 Å². The van der Waals surface area contributed by atoms with Crippen LogP contribution in [0.2, 0.25) is 0 Å². The number of hydrogen-bond acceptors (Lipinski definition) is 3. The molecule has 3 nitrogen and oxygen atoms in total. The van der Waals surface area contributed by atoms with Crippen molar-refractivity contribution in [1.82, 2.24) is 0 Å². The van der Waals surface area contributed by atoms with Crippen LogP contribution in [-0.2, 0) is 11.2 Å². The number of rotatable bonds is 7. The summed E-state index contributed by atoms with van der Waals surface area (Å²) in [5.74, 6) is 1.50. The summed E-state index contributed by atoms with van der Waals surface area (Å²) in [7, 11) is 1.63. The van der Waals surface area contributed by atoms with Gasteiger partial charge in [-0.1, -0.05) is 6.07 Å². The molecule has 16 heavy (non-hydrogen) atoms. The minimum Gasteiger partial charge on any atom is -0.493 e. The first-order valence-electron chi connectivity index (χ1n) is 5.46. The van der Waals surface area contributed by atoms with Crippen LogP contribution in [0.1, 0.15) is 25.3 Å². The van der Waals surface area contributed by atoms with E-state index in [1.165, 1.54) is 0 Å². The first-order valence-corrected chi connectivity index (χ1v) is 5.46. The quantitative estimate of drug-likeness (QED) is 0.664. The SMILES string of the molecule is CCOc1ccc(CCC[C]=O)cc1OC. The molecule has 87 valence electrons. The van der Waals surface area contributed by atoms with Gasteiger partial charge in [0.1, 0.15) is 0 Å². The van der Waals surface area contributed by atoms with Crippen LogP contribution < -0.4 is 9.47 Å². The van der Waals surface area contributed by atoms with E-state index in [-0.39, 0.29) is 0 Å². The van der Waals surface area contributed by atoms with Crippen LogP contribution in [0.25, 0.3) is 0 Å². The van der Waals surface area contributed by atoms with E-state index < -0.39 is 0 Å². The number of benzene rings is 1. The molecule has 0 saturated heterocycles. The largest absolute Gasteiger partial charge is 0.493 e. The van der Waals surface area contributed by atoms with E-state index in [0.29, 0.717) is 13.0 Å². The number of unbranched alkanes of at least 4 members (excludes halogenated alkanes) is 1. The second kappa shape index (κ2) is 6.88. The number of aryl methyl sites for hydroxylation is 1. The van der Waals surface area contributed by atoms with Gasteiger partial charge >= 0.3 is 0 Å². The molecule has 0 N–H and O–H groups in total. The Balaban J connectivity index is 2.70. The molecule has 0 aliphatic rings. The Morgan fingerprint density at radius 3 is 2.75 bits per heavy atom. The van der Waals surface area contributed by atoms with Crippen LogP contribution in [0, 0.1) is 0 Å². The van der Waals surface area contributed by atoms with Gasteiger partial charge in [0, 0.05) is 6.42 Å². The van der Waals surface area contributed by atoms with Gasteiger partial charge < -0.3 is 9.47 Å². The number of carbonyl (C=O) groups excluding carboxylic acids is 1. The zero-order valence-electron chi connectivity index (χ0n) is 9.79. The molecule has 0 bridgehead atoms. The highest BCUT2D eigenvalue weighted by molar-refractivity contribution is 5.50. The Kier molecular flexibility index (Phi) is 5.40. The van der Waals surface area contributed by atoms with Crippen molar-refractivity contribution < 1.29 is 14.3 Å². The first kappa shape index (κ1) is 12.6. The van der Waals surface area contributed by atoms with E-state index in [1.807, 2.05) is 31.4 Å². The van der Waals surface area contributed by atoms with Crippen LogP contribution in [0.3, 0.4) is 0 Å². The minimum atomic E-state index is 0.482. The number of ether oxygens (including phenoxy) is 2. The van der Waals surface area contributed by atoms with Crippen LogP contribution >= 0.6 is 0 Å². The van der Waals surface area contributed by atoms with Crippen molar-refractivity contribution >= 4 is 6.29 Å². The molecule has 0 heterocycles. The van der Waals surface area contributed by atoms with Crippen molar-refractivity contribution in [1.29, 1.82) is 0 Å². The van der Waals surface area contributed by atoms with E-state index in [0.717, 1.165) is 29.9 Å². The second-order valence-corrected chi connectivity index (χ2v) is 3.42. The predicted molar refractivity (Wildman–Crippen MR) is 62.8 cm³/mol. The third kappa shape index (κ3) is 3.57.